The van der Waals surface area contributed by atoms with Gasteiger partial charge < -0.3 is 24.8 Å². The zero-order valence-corrected chi connectivity index (χ0v) is 15.4. The van der Waals surface area contributed by atoms with E-state index in [-0.39, 0.29) is 17.9 Å². The van der Waals surface area contributed by atoms with Gasteiger partial charge in [0.05, 0.1) is 21.3 Å². The number of anilines is 1. The fraction of sp³-hybridized carbons (Fsp3) is 0.556. The summed E-state index contributed by atoms with van der Waals surface area (Å²) in [6, 6.07) is 3.32. The second-order valence-corrected chi connectivity index (χ2v) is 6.23. The van der Waals surface area contributed by atoms with Crippen molar-refractivity contribution in [3.8, 4) is 17.2 Å². The lowest BCUT2D eigenvalue weighted by Crippen LogP contribution is -2.43. The maximum Gasteiger partial charge on any atom is 0.240 e. The summed E-state index contributed by atoms with van der Waals surface area (Å²) in [6.45, 7) is 3.91. The molecular weight excluding hydrogens is 324 g/mol. The minimum atomic E-state index is -0.982. The quantitative estimate of drug-likeness (QED) is 0.703. The molecule has 0 aromatic heterocycles. The van der Waals surface area contributed by atoms with E-state index in [1.807, 2.05) is 13.8 Å². The number of nitrogens with one attached hydrogen (secondary N) is 2. The Morgan fingerprint density at radius 2 is 1.64 bits per heavy atom. The molecule has 0 spiro atoms. The topological polar surface area (TPSA) is 85.9 Å². The van der Waals surface area contributed by atoms with Gasteiger partial charge >= 0.3 is 0 Å². The molecule has 1 aromatic rings. The standard InChI is InChI=1S/C18H26N2O5/c1-6-11(2)19-16(21)18(7-8-18)17(22)20-12-9-13(23-3)15(25-5)14(10-12)24-4/h9-11H,6-8H2,1-5H3,(H,19,21)(H,20,22). The van der Waals surface area contributed by atoms with Gasteiger partial charge in [0.15, 0.2) is 11.5 Å². The summed E-state index contributed by atoms with van der Waals surface area (Å²) in [6.07, 6.45) is 1.91. The van der Waals surface area contributed by atoms with Crippen molar-refractivity contribution in [1.82, 2.24) is 5.32 Å². The zero-order chi connectivity index (χ0) is 18.6. The molecule has 1 aliphatic carbocycles. The first-order chi connectivity index (χ1) is 11.9. The van der Waals surface area contributed by atoms with E-state index in [0.717, 1.165) is 6.42 Å². The van der Waals surface area contributed by atoms with Crippen molar-refractivity contribution in [3.63, 3.8) is 0 Å². The number of amides is 2. The highest BCUT2D eigenvalue weighted by Crippen LogP contribution is 2.47. The number of benzene rings is 1. The summed E-state index contributed by atoms with van der Waals surface area (Å²) < 4.78 is 15.8. The predicted octanol–water partition coefficient (Wildman–Crippen LogP) is 2.35. The van der Waals surface area contributed by atoms with Crippen LogP contribution in [0.4, 0.5) is 5.69 Å². The summed E-state index contributed by atoms with van der Waals surface area (Å²) in [5, 5.41) is 5.70. The lowest BCUT2D eigenvalue weighted by Gasteiger charge is -2.19. The van der Waals surface area contributed by atoms with Crippen LogP contribution in [-0.2, 0) is 9.59 Å². The molecule has 7 nitrogen and oxygen atoms in total. The Kier molecular flexibility index (Phi) is 5.77. The molecule has 1 saturated carbocycles. The van der Waals surface area contributed by atoms with Gasteiger partial charge in [-0.15, -0.1) is 0 Å². The molecule has 0 bridgehead atoms. The summed E-state index contributed by atoms with van der Waals surface area (Å²) >= 11 is 0. The van der Waals surface area contributed by atoms with Gasteiger partial charge in [-0.1, -0.05) is 6.92 Å². The van der Waals surface area contributed by atoms with Crippen LogP contribution in [0.3, 0.4) is 0 Å². The van der Waals surface area contributed by atoms with Crippen molar-refractivity contribution in [2.45, 2.75) is 39.2 Å². The lowest BCUT2D eigenvalue weighted by molar-refractivity contribution is -0.134. The van der Waals surface area contributed by atoms with Gasteiger partial charge in [-0.25, -0.2) is 0 Å². The van der Waals surface area contributed by atoms with Crippen LogP contribution in [0.5, 0.6) is 17.2 Å². The van der Waals surface area contributed by atoms with Gasteiger partial charge in [-0.3, -0.25) is 9.59 Å². The van der Waals surface area contributed by atoms with E-state index in [9.17, 15) is 9.59 Å². The normalized spacial score (nSPS) is 15.7. The zero-order valence-electron chi connectivity index (χ0n) is 15.4. The monoisotopic (exact) mass is 350 g/mol. The van der Waals surface area contributed by atoms with Gasteiger partial charge in [-0.2, -0.15) is 0 Å². The smallest absolute Gasteiger partial charge is 0.240 e. The second kappa shape index (κ2) is 7.63. The molecule has 138 valence electrons. The third kappa shape index (κ3) is 3.81. The van der Waals surface area contributed by atoms with Crippen molar-refractivity contribution >= 4 is 17.5 Å². The van der Waals surface area contributed by atoms with E-state index in [2.05, 4.69) is 10.6 Å². The summed E-state index contributed by atoms with van der Waals surface area (Å²) in [5.74, 6) is 0.783. The number of carbonyl (C=O) groups excluding carboxylic acids is 2. The summed E-state index contributed by atoms with van der Waals surface area (Å²) in [5.41, 5.74) is -0.494. The molecule has 1 aliphatic rings. The van der Waals surface area contributed by atoms with Gasteiger partial charge in [0.2, 0.25) is 17.6 Å². The van der Waals surface area contributed by atoms with Gasteiger partial charge in [0.1, 0.15) is 5.41 Å². The van der Waals surface area contributed by atoms with Crippen LogP contribution in [0.25, 0.3) is 0 Å². The highest BCUT2D eigenvalue weighted by atomic mass is 16.5. The molecular formula is C18H26N2O5. The first kappa shape index (κ1) is 18.9. The van der Waals surface area contributed by atoms with Crippen LogP contribution < -0.4 is 24.8 Å². The average Bonchev–Trinajstić information content (AvgIpc) is 3.42. The fourth-order valence-corrected chi connectivity index (χ4v) is 2.55. The van der Waals surface area contributed by atoms with Gasteiger partial charge in [0, 0.05) is 23.9 Å². The van der Waals surface area contributed by atoms with Crippen LogP contribution in [0.1, 0.15) is 33.1 Å². The molecule has 25 heavy (non-hydrogen) atoms. The Balaban J connectivity index is 2.19. The van der Waals surface area contributed by atoms with E-state index in [4.69, 9.17) is 14.2 Å². The third-order valence-corrected chi connectivity index (χ3v) is 4.53. The first-order valence-electron chi connectivity index (χ1n) is 8.34. The summed E-state index contributed by atoms with van der Waals surface area (Å²) in [4.78, 5) is 25.1. The van der Waals surface area contributed by atoms with Crippen molar-refractivity contribution in [2.75, 3.05) is 26.6 Å². The highest BCUT2D eigenvalue weighted by Gasteiger charge is 2.56. The third-order valence-electron chi connectivity index (χ3n) is 4.53. The Labute approximate surface area is 148 Å². The Bertz CT molecular complexity index is 630. The maximum absolute atomic E-state index is 12.7. The average molecular weight is 350 g/mol. The Morgan fingerprint density at radius 1 is 1.08 bits per heavy atom. The van der Waals surface area contributed by atoms with E-state index in [0.29, 0.717) is 35.8 Å². The molecule has 0 radical (unpaired) electrons. The number of rotatable bonds is 8. The molecule has 2 amide bonds. The molecule has 0 heterocycles. The molecule has 2 rings (SSSR count). The molecule has 1 atom stereocenters. The number of methoxy groups -OCH3 is 3. The van der Waals surface area contributed by atoms with Crippen LogP contribution in [0.15, 0.2) is 12.1 Å². The van der Waals surface area contributed by atoms with Crippen molar-refractivity contribution in [1.29, 1.82) is 0 Å². The minimum Gasteiger partial charge on any atom is -0.493 e. The van der Waals surface area contributed by atoms with Gasteiger partial charge in [-0.05, 0) is 26.2 Å². The van der Waals surface area contributed by atoms with Gasteiger partial charge in [0.25, 0.3) is 0 Å². The number of carbonyl (C=O) groups is 2. The molecule has 0 saturated heterocycles. The molecule has 2 N–H and O–H groups in total. The Hall–Kier alpha value is -2.44. The van der Waals surface area contributed by atoms with Crippen molar-refractivity contribution < 1.29 is 23.8 Å². The van der Waals surface area contributed by atoms with Crippen LogP contribution >= 0.6 is 0 Å². The lowest BCUT2D eigenvalue weighted by atomic mass is 10.0. The fourth-order valence-electron chi connectivity index (χ4n) is 2.55. The maximum atomic E-state index is 12.7. The van der Waals surface area contributed by atoms with E-state index < -0.39 is 5.41 Å². The van der Waals surface area contributed by atoms with E-state index in [1.54, 1.807) is 12.1 Å². The highest BCUT2D eigenvalue weighted by molar-refractivity contribution is 6.13. The Morgan fingerprint density at radius 3 is 2.04 bits per heavy atom. The van der Waals surface area contributed by atoms with Crippen LogP contribution in [-0.4, -0.2) is 39.2 Å². The van der Waals surface area contributed by atoms with E-state index >= 15 is 0 Å². The minimum absolute atomic E-state index is 0.0407. The van der Waals surface area contributed by atoms with Crippen LogP contribution in [0.2, 0.25) is 0 Å². The summed E-state index contributed by atoms with van der Waals surface area (Å²) in [7, 11) is 4.52. The van der Waals surface area contributed by atoms with Crippen molar-refractivity contribution in [2.24, 2.45) is 5.41 Å². The molecule has 1 aromatic carbocycles. The number of ether oxygens (including phenoxy) is 3. The molecule has 7 heteroatoms. The van der Waals surface area contributed by atoms with Crippen molar-refractivity contribution in [3.05, 3.63) is 12.1 Å². The predicted molar refractivity (Wildman–Crippen MR) is 94.3 cm³/mol. The first-order valence-corrected chi connectivity index (χ1v) is 8.34. The molecule has 1 unspecified atom stereocenters. The molecule has 0 aliphatic heterocycles. The van der Waals surface area contributed by atoms with Crippen LogP contribution in [0, 0.1) is 5.41 Å². The SMILES string of the molecule is CCC(C)NC(=O)C1(C(=O)Nc2cc(OC)c(OC)c(OC)c2)CC1. The number of hydrogen-bond acceptors (Lipinski definition) is 5. The van der Waals surface area contributed by atoms with E-state index in [1.165, 1.54) is 21.3 Å². The number of hydrogen-bond donors (Lipinski definition) is 2. The largest absolute Gasteiger partial charge is 0.493 e. The second-order valence-electron chi connectivity index (χ2n) is 6.23. The molecule has 1 fully saturated rings.